The molecular formula is C12H20N6. The van der Waals surface area contributed by atoms with Gasteiger partial charge in [-0.1, -0.05) is 19.1 Å². The van der Waals surface area contributed by atoms with E-state index in [1.54, 1.807) is 10.9 Å². The fourth-order valence-electron chi connectivity index (χ4n) is 2.02. The van der Waals surface area contributed by atoms with Gasteiger partial charge in [0.15, 0.2) is 0 Å². The standard InChI is InChI=1S/C12H20N6/c1-10(2)7-11(13)12-8-14-9-17(12)5-6-18-4-3-15-16-18/h3-4,8-11H,5-7,13H2,1-2H3. The molecule has 1 atom stereocenters. The smallest absolute Gasteiger partial charge is 0.0949 e. The van der Waals surface area contributed by atoms with Crippen LogP contribution in [0, 0.1) is 5.92 Å². The average Bonchev–Trinajstić information content (AvgIpc) is 2.96. The minimum atomic E-state index is 0.0447. The molecule has 0 bridgehead atoms. The number of aromatic nitrogens is 5. The minimum Gasteiger partial charge on any atom is -0.331 e. The number of aryl methyl sites for hydroxylation is 2. The molecule has 98 valence electrons. The molecule has 0 aliphatic heterocycles. The van der Waals surface area contributed by atoms with Gasteiger partial charge < -0.3 is 10.3 Å². The van der Waals surface area contributed by atoms with E-state index < -0.39 is 0 Å². The van der Waals surface area contributed by atoms with Gasteiger partial charge in [-0.15, -0.1) is 5.10 Å². The van der Waals surface area contributed by atoms with E-state index in [2.05, 4.69) is 33.7 Å². The maximum Gasteiger partial charge on any atom is 0.0949 e. The summed E-state index contributed by atoms with van der Waals surface area (Å²) < 4.78 is 3.90. The van der Waals surface area contributed by atoms with Crippen LogP contribution >= 0.6 is 0 Å². The van der Waals surface area contributed by atoms with E-state index in [0.717, 1.165) is 25.2 Å². The molecule has 0 saturated heterocycles. The Morgan fingerprint density at radius 1 is 1.33 bits per heavy atom. The third kappa shape index (κ3) is 3.16. The Morgan fingerprint density at radius 3 is 2.83 bits per heavy atom. The van der Waals surface area contributed by atoms with E-state index >= 15 is 0 Å². The summed E-state index contributed by atoms with van der Waals surface area (Å²) in [5.74, 6) is 0.582. The van der Waals surface area contributed by atoms with Gasteiger partial charge in [0.1, 0.15) is 0 Å². The van der Waals surface area contributed by atoms with Crippen LogP contribution in [0.25, 0.3) is 0 Å². The fourth-order valence-corrected chi connectivity index (χ4v) is 2.02. The number of nitrogens with zero attached hydrogens (tertiary/aromatic N) is 5. The van der Waals surface area contributed by atoms with Crippen molar-refractivity contribution in [1.82, 2.24) is 24.5 Å². The molecule has 2 rings (SSSR count). The summed E-state index contributed by atoms with van der Waals surface area (Å²) >= 11 is 0. The highest BCUT2D eigenvalue weighted by Gasteiger charge is 2.13. The molecule has 0 amide bonds. The second-order valence-corrected chi connectivity index (χ2v) is 4.91. The van der Waals surface area contributed by atoms with Crippen LogP contribution in [0.3, 0.4) is 0 Å². The molecule has 2 heterocycles. The Bertz CT molecular complexity index is 459. The second kappa shape index (κ2) is 5.77. The highest BCUT2D eigenvalue weighted by atomic mass is 15.4. The molecule has 0 fully saturated rings. The first-order valence-electron chi connectivity index (χ1n) is 6.26. The molecule has 2 N–H and O–H groups in total. The van der Waals surface area contributed by atoms with Crippen molar-refractivity contribution in [2.45, 2.75) is 39.4 Å². The zero-order valence-corrected chi connectivity index (χ0v) is 10.9. The summed E-state index contributed by atoms with van der Waals surface area (Å²) in [5, 5.41) is 7.72. The Hall–Kier alpha value is -1.69. The third-order valence-corrected chi connectivity index (χ3v) is 2.89. The third-order valence-electron chi connectivity index (χ3n) is 2.89. The highest BCUT2D eigenvalue weighted by molar-refractivity contribution is 5.04. The summed E-state index contributed by atoms with van der Waals surface area (Å²) in [5.41, 5.74) is 7.28. The number of hydrogen-bond acceptors (Lipinski definition) is 4. The average molecular weight is 248 g/mol. The zero-order valence-electron chi connectivity index (χ0n) is 10.9. The van der Waals surface area contributed by atoms with Crippen LogP contribution in [0.4, 0.5) is 0 Å². The van der Waals surface area contributed by atoms with E-state index in [1.807, 2.05) is 18.7 Å². The number of imidazole rings is 1. The van der Waals surface area contributed by atoms with E-state index in [1.165, 1.54) is 0 Å². The van der Waals surface area contributed by atoms with Gasteiger partial charge in [-0.25, -0.2) is 4.98 Å². The predicted molar refractivity (Wildman–Crippen MR) is 68.6 cm³/mol. The fraction of sp³-hybridized carbons (Fsp3) is 0.583. The van der Waals surface area contributed by atoms with Gasteiger partial charge in [-0.05, 0) is 12.3 Å². The molecular weight excluding hydrogens is 228 g/mol. The first-order valence-corrected chi connectivity index (χ1v) is 6.26. The largest absolute Gasteiger partial charge is 0.331 e. The molecule has 0 saturated carbocycles. The van der Waals surface area contributed by atoms with Gasteiger partial charge in [0.2, 0.25) is 0 Å². The zero-order chi connectivity index (χ0) is 13.0. The molecule has 6 nitrogen and oxygen atoms in total. The van der Waals surface area contributed by atoms with Crippen molar-refractivity contribution in [3.63, 3.8) is 0 Å². The van der Waals surface area contributed by atoms with Crippen molar-refractivity contribution in [3.05, 3.63) is 30.6 Å². The summed E-state index contributed by atoms with van der Waals surface area (Å²) in [4.78, 5) is 4.19. The summed E-state index contributed by atoms with van der Waals surface area (Å²) in [6.45, 7) is 5.94. The molecule has 2 aromatic heterocycles. The first-order chi connectivity index (χ1) is 8.66. The Morgan fingerprint density at radius 2 is 2.17 bits per heavy atom. The summed E-state index contributed by atoms with van der Waals surface area (Å²) in [6.07, 6.45) is 8.18. The molecule has 0 aromatic carbocycles. The normalized spacial score (nSPS) is 13.1. The van der Waals surface area contributed by atoms with Crippen LogP contribution in [0.15, 0.2) is 24.9 Å². The van der Waals surface area contributed by atoms with E-state index in [-0.39, 0.29) is 6.04 Å². The maximum atomic E-state index is 6.19. The van der Waals surface area contributed by atoms with Gasteiger partial charge in [-0.3, -0.25) is 4.68 Å². The Labute approximate surface area is 107 Å². The summed E-state index contributed by atoms with van der Waals surface area (Å²) in [6, 6.07) is 0.0447. The van der Waals surface area contributed by atoms with Gasteiger partial charge in [0.25, 0.3) is 0 Å². The number of rotatable bonds is 6. The molecule has 0 spiro atoms. The highest BCUT2D eigenvalue weighted by Crippen LogP contribution is 2.18. The molecule has 2 aromatic rings. The van der Waals surface area contributed by atoms with Crippen LogP contribution in [-0.4, -0.2) is 24.5 Å². The second-order valence-electron chi connectivity index (χ2n) is 4.91. The van der Waals surface area contributed by atoms with Crippen molar-refractivity contribution in [1.29, 1.82) is 0 Å². The van der Waals surface area contributed by atoms with Crippen LogP contribution in [0.2, 0.25) is 0 Å². The Kier molecular flexibility index (Phi) is 4.09. The van der Waals surface area contributed by atoms with Gasteiger partial charge in [-0.2, -0.15) is 0 Å². The topological polar surface area (TPSA) is 74.5 Å². The van der Waals surface area contributed by atoms with Gasteiger partial charge in [0.05, 0.1) is 24.8 Å². The molecule has 0 aliphatic rings. The van der Waals surface area contributed by atoms with Gasteiger partial charge in [0, 0.05) is 25.0 Å². The van der Waals surface area contributed by atoms with Crippen molar-refractivity contribution in [2.75, 3.05) is 0 Å². The lowest BCUT2D eigenvalue weighted by Crippen LogP contribution is -2.18. The van der Waals surface area contributed by atoms with Crippen LogP contribution in [-0.2, 0) is 13.1 Å². The van der Waals surface area contributed by atoms with Crippen LogP contribution in [0.1, 0.15) is 32.0 Å². The number of nitrogens with two attached hydrogens (primary N) is 1. The van der Waals surface area contributed by atoms with E-state index in [9.17, 15) is 0 Å². The number of hydrogen-bond donors (Lipinski definition) is 1. The Balaban J connectivity index is 1.99. The van der Waals surface area contributed by atoms with Crippen molar-refractivity contribution < 1.29 is 0 Å². The van der Waals surface area contributed by atoms with E-state index in [0.29, 0.717) is 5.92 Å². The SMILES string of the molecule is CC(C)CC(N)c1cncn1CCn1ccnn1. The lowest BCUT2D eigenvalue weighted by molar-refractivity contribution is 0.461. The maximum absolute atomic E-state index is 6.19. The predicted octanol–water partition coefficient (Wildman–Crippen LogP) is 1.22. The lowest BCUT2D eigenvalue weighted by atomic mass is 10.0. The molecule has 18 heavy (non-hydrogen) atoms. The monoisotopic (exact) mass is 248 g/mol. The van der Waals surface area contributed by atoms with Crippen molar-refractivity contribution in [3.8, 4) is 0 Å². The van der Waals surface area contributed by atoms with Crippen LogP contribution in [0.5, 0.6) is 0 Å². The van der Waals surface area contributed by atoms with E-state index in [4.69, 9.17) is 5.73 Å². The first kappa shape index (κ1) is 12.8. The molecule has 1 unspecified atom stereocenters. The molecule has 0 radical (unpaired) electrons. The van der Waals surface area contributed by atoms with Gasteiger partial charge >= 0.3 is 0 Å². The minimum absolute atomic E-state index is 0.0447. The molecule has 0 aliphatic carbocycles. The van der Waals surface area contributed by atoms with Crippen molar-refractivity contribution >= 4 is 0 Å². The van der Waals surface area contributed by atoms with Crippen LogP contribution < -0.4 is 5.73 Å². The lowest BCUT2D eigenvalue weighted by Gasteiger charge is -2.16. The summed E-state index contributed by atoms with van der Waals surface area (Å²) in [7, 11) is 0. The quantitative estimate of drug-likeness (QED) is 0.834. The van der Waals surface area contributed by atoms with Crippen molar-refractivity contribution in [2.24, 2.45) is 11.7 Å². The molecule has 6 heteroatoms.